The second-order valence-electron chi connectivity index (χ2n) is 12.4. The number of hydrogen-bond donors (Lipinski definition) is 0. The zero-order valence-electron chi connectivity index (χ0n) is 22.6. The molecule has 0 bridgehead atoms. The zero-order chi connectivity index (χ0) is 25.8. The summed E-state index contributed by atoms with van der Waals surface area (Å²) in [4.78, 5) is 0. The maximum Gasteiger partial charge on any atom is 0.494 e. The Balaban J connectivity index is 1.54. The van der Waals surface area contributed by atoms with Gasteiger partial charge in [0.25, 0.3) is 0 Å². The molecule has 3 aliphatic rings. The highest BCUT2D eigenvalue weighted by atomic mass is 16.7. The Morgan fingerprint density at radius 1 is 0.486 bits per heavy atom. The van der Waals surface area contributed by atoms with Crippen LogP contribution in [-0.4, -0.2) is 18.3 Å². The average Bonchev–Trinajstić information content (AvgIpc) is 3.30. The topological polar surface area (TPSA) is 18.5 Å². The van der Waals surface area contributed by atoms with Gasteiger partial charge < -0.3 is 9.31 Å². The first-order valence-corrected chi connectivity index (χ1v) is 13.4. The summed E-state index contributed by atoms with van der Waals surface area (Å²) in [6.07, 6.45) is 0. The fourth-order valence-electron chi connectivity index (χ4n) is 6.99. The Morgan fingerprint density at radius 3 is 1.51 bits per heavy atom. The van der Waals surface area contributed by atoms with E-state index in [4.69, 9.17) is 9.31 Å². The Labute approximate surface area is 220 Å². The van der Waals surface area contributed by atoms with Crippen LogP contribution in [0.15, 0.2) is 91.0 Å². The molecule has 1 aliphatic heterocycles. The largest absolute Gasteiger partial charge is 0.494 e. The van der Waals surface area contributed by atoms with Crippen molar-refractivity contribution in [1.29, 1.82) is 0 Å². The molecule has 37 heavy (non-hydrogen) atoms. The molecule has 3 heteroatoms. The van der Waals surface area contributed by atoms with E-state index in [0.717, 1.165) is 5.46 Å². The fraction of sp³-hybridized carbons (Fsp3) is 0.294. The third-order valence-corrected chi connectivity index (χ3v) is 9.60. The van der Waals surface area contributed by atoms with Crippen molar-refractivity contribution < 1.29 is 9.31 Å². The second-order valence-corrected chi connectivity index (χ2v) is 12.4. The van der Waals surface area contributed by atoms with E-state index in [1.165, 1.54) is 44.5 Å². The number of fused-ring (bicyclic) bond motifs is 9. The lowest BCUT2D eigenvalue weighted by atomic mass is 9.55. The predicted octanol–water partition coefficient (Wildman–Crippen LogP) is 6.99. The minimum atomic E-state index is -0.387. The molecule has 0 atom stereocenters. The molecule has 1 saturated heterocycles. The molecule has 0 radical (unpaired) electrons. The second kappa shape index (κ2) is 7.25. The van der Waals surface area contributed by atoms with Crippen LogP contribution in [0.25, 0.3) is 11.1 Å². The molecule has 0 amide bonds. The monoisotopic (exact) mass is 484 g/mol. The highest BCUT2D eigenvalue weighted by molar-refractivity contribution is 6.62. The van der Waals surface area contributed by atoms with E-state index in [1.807, 2.05) is 0 Å². The summed E-state index contributed by atoms with van der Waals surface area (Å²) in [6.45, 7) is 13.2. The molecule has 1 spiro atoms. The number of benzene rings is 4. The molecule has 1 fully saturated rings. The van der Waals surface area contributed by atoms with Crippen molar-refractivity contribution in [2.24, 2.45) is 0 Å². The summed E-state index contributed by atoms with van der Waals surface area (Å²) in [6, 6.07) is 33.9. The minimum absolute atomic E-state index is 0.177. The highest BCUT2D eigenvalue weighted by Crippen LogP contribution is 2.61. The number of rotatable bonds is 1. The molecule has 7 rings (SSSR count). The molecule has 2 nitrogen and oxygen atoms in total. The Hall–Kier alpha value is -3.14. The van der Waals surface area contributed by atoms with E-state index in [1.54, 1.807) is 0 Å². The standard InChI is InChI=1S/C34H33BO2/c1-31(2)27-17-11-12-18-28(27)34(25-15-9-7-13-23(25)24-14-8-10-16-26(24)34)29-20-19-22(21-30(29)31)35-36-32(3,4)33(5,6)37-35/h7-21H,1-6H3. The predicted molar refractivity (Wildman–Crippen MR) is 152 cm³/mol. The van der Waals surface area contributed by atoms with Gasteiger partial charge in [-0.25, -0.2) is 0 Å². The minimum Gasteiger partial charge on any atom is -0.399 e. The summed E-state index contributed by atoms with van der Waals surface area (Å²) in [5.74, 6) is 0. The van der Waals surface area contributed by atoms with E-state index >= 15 is 0 Å². The molecule has 184 valence electrons. The van der Waals surface area contributed by atoms with Crippen LogP contribution in [0, 0.1) is 0 Å². The van der Waals surface area contributed by atoms with Crippen LogP contribution >= 0.6 is 0 Å². The Kier molecular flexibility index (Phi) is 4.51. The Morgan fingerprint density at radius 2 is 0.946 bits per heavy atom. The van der Waals surface area contributed by atoms with Crippen molar-refractivity contribution in [3.63, 3.8) is 0 Å². The first kappa shape index (κ1) is 23.0. The van der Waals surface area contributed by atoms with E-state index in [-0.39, 0.29) is 29.2 Å². The normalized spacial score (nSPS) is 20.8. The van der Waals surface area contributed by atoms with Crippen LogP contribution in [0.5, 0.6) is 0 Å². The molecule has 0 unspecified atom stereocenters. The van der Waals surface area contributed by atoms with Gasteiger partial charge in [-0.05, 0) is 77.7 Å². The molecule has 1 heterocycles. The van der Waals surface area contributed by atoms with Crippen molar-refractivity contribution in [2.45, 2.75) is 63.6 Å². The maximum atomic E-state index is 6.49. The molecule has 0 aromatic heterocycles. The third-order valence-electron chi connectivity index (χ3n) is 9.60. The van der Waals surface area contributed by atoms with Crippen LogP contribution < -0.4 is 5.46 Å². The van der Waals surface area contributed by atoms with Gasteiger partial charge in [0.1, 0.15) is 0 Å². The van der Waals surface area contributed by atoms with Gasteiger partial charge in [-0.3, -0.25) is 0 Å². The van der Waals surface area contributed by atoms with E-state index < -0.39 is 0 Å². The van der Waals surface area contributed by atoms with E-state index in [9.17, 15) is 0 Å². The van der Waals surface area contributed by atoms with Crippen LogP contribution in [0.3, 0.4) is 0 Å². The van der Waals surface area contributed by atoms with Crippen molar-refractivity contribution in [2.75, 3.05) is 0 Å². The van der Waals surface area contributed by atoms with Gasteiger partial charge in [-0.15, -0.1) is 0 Å². The zero-order valence-corrected chi connectivity index (χ0v) is 22.6. The summed E-state index contributed by atoms with van der Waals surface area (Å²) >= 11 is 0. The fourth-order valence-corrected chi connectivity index (χ4v) is 6.99. The Bertz CT molecular complexity index is 1520. The molecule has 0 N–H and O–H groups in total. The van der Waals surface area contributed by atoms with Crippen LogP contribution in [0.1, 0.15) is 74.9 Å². The highest BCUT2D eigenvalue weighted by Gasteiger charge is 2.55. The summed E-state index contributed by atoms with van der Waals surface area (Å²) < 4.78 is 13.0. The summed E-state index contributed by atoms with van der Waals surface area (Å²) in [5.41, 5.74) is 10.6. The lowest BCUT2D eigenvalue weighted by molar-refractivity contribution is 0.00578. The van der Waals surface area contributed by atoms with Gasteiger partial charge in [-0.1, -0.05) is 105 Å². The molecular formula is C34H33BO2. The first-order valence-electron chi connectivity index (χ1n) is 13.4. The lowest BCUT2D eigenvalue weighted by Crippen LogP contribution is -2.43. The van der Waals surface area contributed by atoms with E-state index in [2.05, 4.69) is 133 Å². The third kappa shape index (κ3) is 2.79. The molecular weight excluding hydrogens is 451 g/mol. The quantitative estimate of drug-likeness (QED) is 0.239. The van der Waals surface area contributed by atoms with Crippen molar-refractivity contribution in [3.8, 4) is 11.1 Å². The van der Waals surface area contributed by atoms with Crippen molar-refractivity contribution >= 4 is 12.6 Å². The van der Waals surface area contributed by atoms with Crippen LogP contribution in [0.4, 0.5) is 0 Å². The summed E-state index contributed by atoms with van der Waals surface area (Å²) in [5, 5.41) is 0. The van der Waals surface area contributed by atoms with Gasteiger partial charge >= 0.3 is 7.12 Å². The number of hydrogen-bond acceptors (Lipinski definition) is 2. The van der Waals surface area contributed by atoms with Gasteiger partial charge in [0.15, 0.2) is 0 Å². The first-order chi connectivity index (χ1) is 17.6. The van der Waals surface area contributed by atoms with Gasteiger partial charge in [0, 0.05) is 5.41 Å². The lowest BCUT2D eigenvalue weighted by Gasteiger charge is -2.47. The van der Waals surface area contributed by atoms with Gasteiger partial charge in [0.2, 0.25) is 0 Å². The molecule has 0 saturated carbocycles. The van der Waals surface area contributed by atoms with Crippen LogP contribution in [-0.2, 0) is 20.1 Å². The van der Waals surface area contributed by atoms with Gasteiger partial charge in [0.05, 0.1) is 16.6 Å². The molecule has 4 aromatic carbocycles. The molecule has 2 aliphatic carbocycles. The van der Waals surface area contributed by atoms with E-state index in [0.29, 0.717) is 0 Å². The SMILES string of the molecule is CC1(C)c2ccccc2C2(c3ccccc3-c3ccccc32)c2ccc(B3OC(C)(C)C(C)(C)O3)cc21. The average molecular weight is 484 g/mol. The van der Waals surface area contributed by atoms with Crippen LogP contribution in [0.2, 0.25) is 0 Å². The van der Waals surface area contributed by atoms with Gasteiger partial charge in [-0.2, -0.15) is 0 Å². The smallest absolute Gasteiger partial charge is 0.399 e. The van der Waals surface area contributed by atoms with Crippen molar-refractivity contribution in [1.82, 2.24) is 0 Å². The maximum absolute atomic E-state index is 6.49. The molecule has 4 aromatic rings. The van der Waals surface area contributed by atoms with Crippen molar-refractivity contribution in [3.05, 3.63) is 124 Å². The summed E-state index contributed by atoms with van der Waals surface area (Å²) in [7, 11) is -0.387.